The van der Waals surface area contributed by atoms with Crippen LogP contribution in [0.1, 0.15) is 17.2 Å². The van der Waals surface area contributed by atoms with Crippen molar-refractivity contribution in [2.45, 2.75) is 12.7 Å². The lowest BCUT2D eigenvalue weighted by atomic mass is 10.0. The van der Waals surface area contributed by atoms with E-state index in [0.29, 0.717) is 37.6 Å². The van der Waals surface area contributed by atoms with Gasteiger partial charge in [0.2, 0.25) is 5.56 Å². The van der Waals surface area contributed by atoms with Crippen molar-refractivity contribution in [3.8, 4) is 5.75 Å². The number of aliphatic hydroxyl groups excluding tert-OH is 1. The molecule has 1 atom stereocenters. The van der Waals surface area contributed by atoms with Crippen LogP contribution >= 0.6 is 0 Å². The van der Waals surface area contributed by atoms with Gasteiger partial charge in [0.05, 0.1) is 24.8 Å². The van der Waals surface area contributed by atoms with Gasteiger partial charge in [0.15, 0.2) is 0 Å². The summed E-state index contributed by atoms with van der Waals surface area (Å²) in [6, 6.07) is 16.8. The Hall–Kier alpha value is -2.67. The molecule has 1 aliphatic heterocycles. The quantitative estimate of drug-likeness (QED) is 0.687. The molecule has 0 spiro atoms. The van der Waals surface area contributed by atoms with Crippen molar-refractivity contribution in [3.63, 3.8) is 0 Å². The molecule has 3 aromatic rings. The highest BCUT2D eigenvalue weighted by molar-refractivity contribution is 5.87. The summed E-state index contributed by atoms with van der Waals surface area (Å²) in [7, 11) is 0. The van der Waals surface area contributed by atoms with Crippen molar-refractivity contribution >= 4 is 10.9 Å². The lowest BCUT2D eigenvalue weighted by Gasteiger charge is -2.29. The fraction of sp³-hybridized carbons (Fsp3) is 0.318. The second kappa shape index (κ2) is 8.56. The van der Waals surface area contributed by atoms with Crippen molar-refractivity contribution in [1.82, 2.24) is 9.88 Å². The predicted molar refractivity (Wildman–Crippen MR) is 108 cm³/mol. The number of pyridine rings is 1. The average Bonchev–Trinajstić information content (AvgIpc) is 2.73. The van der Waals surface area contributed by atoms with Gasteiger partial charge in [-0.25, -0.2) is 0 Å². The second-order valence-corrected chi connectivity index (χ2v) is 6.97. The number of benzene rings is 2. The molecule has 0 saturated carbocycles. The van der Waals surface area contributed by atoms with E-state index in [1.165, 1.54) is 6.07 Å². The normalized spacial score (nSPS) is 16.2. The number of aromatic amines is 1. The van der Waals surface area contributed by atoms with Crippen LogP contribution in [-0.4, -0.2) is 47.8 Å². The summed E-state index contributed by atoms with van der Waals surface area (Å²) in [5.41, 5.74) is 2.24. The van der Waals surface area contributed by atoms with Crippen molar-refractivity contribution in [2.75, 3.05) is 32.8 Å². The zero-order valence-corrected chi connectivity index (χ0v) is 15.6. The van der Waals surface area contributed by atoms with Crippen molar-refractivity contribution in [3.05, 3.63) is 76.1 Å². The summed E-state index contributed by atoms with van der Waals surface area (Å²) in [4.78, 5) is 17.0. The van der Waals surface area contributed by atoms with Gasteiger partial charge in [0.25, 0.3) is 0 Å². The monoisotopic (exact) mass is 380 g/mol. The highest BCUT2D eigenvalue weighted by Gasteiger charge is 2.19. The first-order valence-corrected chi connectivity index (χ1v) is 9.51. The summed E-state index contributed by atoms with van der Waals surface area (Å²) in [6.45, 7) is 3.93. The molecule has 1 aliphatic rings. The first-order valence-electron chi connectivity index (χ1n) is 9.51. The molecular formula is C22H24N2O4. The van der Waals surface area contributed by atoms with Crippen LogP contribution in [0, 0.1) is 0 Å². The lowest BCUT2D eigenvalue weighted by Crippen LogP contribution is -2.38. The standard InChI is InChI=1S/C22H24N2O4/c25-19(14-24-10-12-27-13-11-24)17-6-8-20(22-18(17)7-9-21(26)23-22)28-15-16-4-2-1-3-5-16/h1-9,19,25H,10-15H2,(H,23,26)/t19-/m0/s1. The first-order chi connectivity index (χ1) is 13.7. The van der Waals surface area contributed by atoms with Crippen molar-refractivity contribution in [2.24, 2.45) is 0 Å². The number of aromatic nitrogens is 1. The number of β-amino-alcohol motifs (C(OH)–C–C–N with tert-alkyl or cyclic N) is 1. The number of morpholine rings is 1. The molecule has 1 aromatic heterocycles. The Balaban J connectivity index is 1.61. The van der Waals surface area contributed by atoms with Crippen LogP contribution in [0.2, 0.25) is 0 Å². The Morgan fingerprint density at radius 1 is 1.07 bits per heavy atom. The Morgan fingerprint density at radius 2 is 1.86 bits per heavy atom. The van der Waals surface area contributed by atoms with Crippen LogP contribution in [0.25, 0.3) is 10.9 Å². The van der Waals surface area contributed by atoms with Gasteiger partial charge in [0, 0.05) is 31.1 Å². The minimum absolute atomic E-state index is 0.197. The van der Waals surface area contributed by atoms with Gasteiger partial charge in [-0.2, -0.15) is 0 Å². The zero-order valence-electron chi connectivity index (χ0n) is 15.6. The number of aliphatic hydroxyl groups is 1. The first kappa shape index (κ1) is 18.7. The highest BCUT2D eigenvalue weighted by Crippen LogP contribution is 2.30. The van der Waals surface area contributed by atoms with Gasteiger partial charge in [0.1, 0.15) is 12.4 Å². The van der Waals surface area contributed by atoms with Gasteiger partial charge in [-0.05, 0) is 23.3 Å². The topological polar surface area (TPSA) is 74.8 Å². The molecule has 1 fully saturated rings. The molecular weight excluding hydrogens is 356 g/mol. The number of hydrogen-bond acceptors (Lipinski definition) is 5. The molecule has 28 heavy (non-hydrogen) atoms. The van der Waals surface area contributed by atoms with Gasteiger partial charge < -0.3 is 19.6 Å². The van der Waals surface area contributed by atoms with E-state index in [1.54, 1.807) is 6.07 Å². The molecule has 6 heteroatoms. The molecule has 1 saturated heterocycles. The molecule has 6 nitrogen and oxygen atoms in total. The number of fused-ring (bicyclic) bond motifs is 1. The van der Waals surface area contributed by atoms with Gasteiger partial charge in [-0.15, -0.1) is 0 Å². The number of ether oxygens (including phenoxy) is 2. The maximum absolute atomic E-state index is 11.9. The van der Waals surface area contributed by atoms with E-state index in [4.69, 9.17) is 9.47 Å². The van der Waals surface area contributed by atoms with Crippen LogP contribution in [0.15, 0.2) is 59.4 Å². The summed E-state index contributed by atoms with van der Waals surface area (Å²) < 4.78 is 11.3. The molecule has 0 radical (unpaired) electrons. The molecule has 0 bridgehead atoms. The van der Waals surface area contributed by atoms with Crippen LogP contribution in [0.4, 0.5) is 0 Å². The summed E-state index contributed by atoms with van der Waals surface area (Å²) in [5, 5.41) is 11.6. The number of rotatable bonds is 6. The fourth-order valence-electron chi connectivity index (χ4n) is 3.52. The molecule has 2 heterocycles. The van der Waals surface area contributed by atoms with E-state index in [1.807, 2.05) is 42.5 Å². The van der Waals surface area contributed by atoms with E-state index in [-0.39, 0.29) is 5.56 Å². The third-order valence-corrected chi connectivity index (χ3v) is 5.02. The van der Waals surface area contributed by atoms with E-state index >= 15 is 0 Å². The maximum atomic E-state index is 11.9. The minimum atomic E-state index is -0.658. The van der Waals surface area contributed by atoms with E-state index in [0.717, 1.165) is 29.6 Å². The van der Waals surface area contributed by atoms with Gasteiger partial charge >= 0.3 is 0 Å². The highest BCUT2D eigenvalue weighted by atomic mass is 16.5. The predicted octanol–water partition coefficient (Wildman–Crippen LogP) is 2.47. The van der Waals surface area contributed by atoms with Gasteiger partial charge in [-0.3, -0.25) is 9.69 Å². The Labute approximate surface area is 163 Å². The molecule has 0 amide bonds. The Bertz CT molecular complexity index is 981. The van der Waals surface area contributed by atoms with Crippen LogP contribution in [0.5, 0.6) is 5.75 Å². The average molecular weight is 380 g/mol. The van der Waals surface area contributed by atoms with Crippen LogP contribution in [0.3, 0.4) is 0 Å². The van der Waals surface area contributed by atoms with E-state index in [9.17, 15) is 9.90 Å². The molecule has 0 aliphatic carbocycles. The number of H-pyrrole nitrogens is 1. The Morgan fingerprint density at radius 3 is 2.64 bits per heavy atom. The molecule has 146 valence electrons. The molecule has 2 aromatic carbocycles. The summed E-state index contributed by atoms with van der Waals surface area (Å²) >= 11 is 0. The van der Waals surface area contributed by atoms with Crippen LogP contribution < -0.4 is 10.3 Å². The summed E-state index contributed by atoms with van der Waals surface area (Å²) in [5.74, 6) is 0.596. The largest absolute Gasteiger partial charge is 0.487 e. The SMILES string of the molecule is O=c1ccc2c([C@@H](O)CN3CCOCC3)ccc(OCc3ccccc3)c2[nH]1. The molecule has 0 unspecified atom stereocenters. The lowest BCUT2D eigenvalue weighted by molar-refractivity contribution is 0.0146. The van der Waals surface area contributed by atoms with Crippen molar-refractivity contribution in [1.29, 1.82) is 0 Å². The smallest absolute Gasteiger partial charge is 0.248 e. The Kier molecular flexibility index (Phi) is 5.71. The van der Waals surface area contributed by atoms with E-state index in [2.05, 4.69) is 9.88 Å². The van der Waals surface area contributed by atoms with Gasteiger partial charge in [-0.1, -0.05) is 36.4 Å². The number of hydrogen-bond donors (Lipinski definition) is 2. The second-order valence-electron chi connectivity index (χ2n) is 6.97. The molecule has 4 rings (SSSR count). The molecule has 2 N–H and O–H groups in total. The van der Waals surface area contributed by atoms with Crippen molar-refractivity contribution < 1.29 is 14.6 Å². The van der Waals surface area contributed by atoms with E-state index < -0.39 is 6.10 Å². The third-order valence-electron chi connectivity index (χ3n) is 5.02. The fourth-order valence-corrected chi connectivity index (χ4v) is 3.52. The van der Waals surface area contributed by atoms with Crippen LogP contribution in [-0.2, 0) is 11.3 Å². The minimum Gasteiger partial charge on any atom is -0.487 e. The number of nitrogens with zero attached hydrogens (tertiary/aromatic N) is 1. The zero-order chi connectivity index (χ0) is 19.3. The third kappa shape index (κ3) is 4.25. The maximum Gasteiger partial charge on any atom is 0.248 e. The number of nitrogens with one attached hydrogen (secondary N) is 1. The summed E-state index contributed by atoms with van der Waals surface area (Å²) in [6.07, 6.45) is -0.658.